The molecule has 5 aromatic carbocycles. The van der Waals surface area contributed by atoms with E-state index in [4.69, 9.17) is 4.74 Å². The van der Waals surface area contributed by atoms with Gasteiger partial charge in [-0.15, -0.1) is 11.8 Å². The number of aryl methyl sites for hydroxylation is 1. The van der Waals surface area contributed by atoms with E-state index in [0.29, 0.717) is 17.1 Å². The molecule has 5 rings (SSSR count). The highest BCUT2D eigenvalue weighted by atomic mass is 32.2. The molecule has 0 aliphatic rings. The topological polar surface area (TPSA) is 60.4 Å². The number of hydrogen-bond acceptors (Lipinski definition) is 5. The van der Waals surface area contributed by atoms with Gasteiger partial charge in [0.1, 0.15) is 5.75 Å². The summed E-state index contributed by atoms with van der Waals surface area (Å²) >= 11 is 1.48. The first-order valence-corrected chi connectivity index (χ1v) is 15.0. The number of fused-ring (bicyclic) bond motifs is 3. The highest BCUT2D eigenvalue weighted by Gasteiger charge is 2.23. The third kappa shape index (κ3) is 6.26. The summed E-state index contributed by atoms with van der Waals surface area (Å²) in [5.74, 6) is 0.0413. The predicted octanol–water partition coefficient (Wildman–Crippen LogP) is 7.62. The van der Waals surface area contributed by atoms with Crippen LogP contribution in [-0.2, 0) is 14.6 Å². The van der Waals surface area contributed by atoms with Crippen LogP contribution in [0.4, 0.5) is 0 Å². The molecular weight excluding hydrogens is 512 g/mol. The Hall–Kier alpha value is -3.61. The minimum absolute atomic E-state index is 0.0646. The second-order valence-corrected chi connectivity index (χ2v) is 12.7. The Morgan fingerprint density at radius 2 is 1.45 bits per heavy atom. The lowest BCUT2D eigenvalue weighted by Crippen LogP contribution is -2.21. The first kappa shape index (κ1) is 26.0. The van der Waals surface area contributed by atoms with Gasteiger partial charge >= 0.3 is 5.97 Å². The van der Waals surface area contributed by atoms with Crippen LogP contribution in [0.1, 0.15) is 18.4 Å². The zero-order valence-corrected chi connectivity index (χ0v) is 22.7. The highest BCUT2D eigenvalue weighted by molar-refractivity contribution is 8.01. The normalized spacial score (nSPS) is 12.4. The average molecular weight is 541 g/mol. The SMILES string of the molecule is Cc1ccc(S(=O)(=O)CC(CCC(=O)Oc2ccc3ccc4ccccc4c3c2)Sc2ccccc2)cc1. The van der Waals surface area contributed by atoms with E-state index in [9.17, 15) is 13.2 Å². The number of sulfone groups is 1. The van der Waals surface area contributed by atoms with Crippen molar-refractivity contribution in [3.63, 3.8) is 0 Å². The third-order valence-corrected chi connectivity index (χ3v) is 9.77. The number of ether oxygens (including phenoxy) is 1. The summed E-state index contributed by atoms with van der Waals surface area (Å²) in [4.78, 5) is 14.1. The zero-order valence-electron chi connectivity index (χ0n) is 21.0. The van der Waals surface area contributed by atoms with Crippen LogP contribution in [0.5, 0.6) is 5.75 Å². The fourth-order valence-corrected chi connectivity index (χ4v) is 7.60. The van der Waals surface area contributed by atoms with Crippen molar-refractivity contribution in [2.45, 2.75) is 34.8 Å². The second-order valence-electron chi connectivity index (χ2n) is 9.33. The fraction of sp³-hybridized carbons (Fsp3) is 0.156. The molecule has 0 spiro atoms. The lowest BCUT2D eigenvalue weighted by Gasteiger charge is -2.17. The van der Waals surface area contributed by atoms with Crippen LogP contribution in [0.15, 0.2) is 119 Å². The molecule has 0 fully saturated rings. The number of esters is 1. The molecule has 192 valence electrons. The van der Waals surface area contributed by atoms with Crippen LogP contribution >= 0.6 is 11.8 Å². The Bertz CT molecular complexity index is 1680. The smallest absolute Gasteiger partial charge is 0.311 e. The van der Waals surface area contributed by atoms with E-state index in [1.807, 2.05) is 61.5 Å². The Morgan fingerprint density at radius 3 is 2.21 bits per heavy atom. The molecule has 5 aromatic rings. The molecule has 0 heterocycles. The molecule has 0 aliphatic carbocycles. The molecule has 6 heteroatoms. The summed E-state index contributed by atoms with van der Waals surface area (Å²) in [7, 11) is -3.52. The summed E-state index contributed by atoms with van der Waals surface area (Å²) in [5.41, 5.74) is 1.00. The maximum absolute atomic E-state index is 13.2. The largest absolute Gasteiger partial charge is 0.427 e. The summed E-state index contributed by atoms with van der Waals surface area (Å²) in [6.45, 7) is 1.92. The minimum Gasteiger partial charge on any atom is -0.427 e. The van der Waals surface area contributed by atoms with Gasteiger partial charge in [-0.05, 0) is 71.3 Å². The van der Waals surface area contributed by atoms with Gasteiger partial charge in [0.05, 0.1) is 10.6 Å². The molecular formula is C32H28O4S2. The monoisotopic (exact) mass is 540 g/mol. The van der Waals surface area contributed by atoms with E-state index in [0.717, 1.165) is 32.0 Å². The molecule has 0 bridgehead atoms. The number of hydrogen-bond donors (Lipinski definition) is 0. The van der Waals surface area contributed by atoms with Gasteiger partial charge in [0, 0.05) is 16.6 Å². The van der Waals surface area contributed by atoms with Crippen molar-refractivity contribution in [1.82, 2.24) is 0 Å². The predicted molar refractivity (Wildman–Crippen MR) is 156 cm³/mol. The van der Waals surface area contributed by atoms with E-state index < -0.39 is 9.84 Å². The molecule has 0 N–H and O–H groups in total. The molecule has 4 nitrogen and oxygen atoms in total. The van der Waals surface area contributed by atoms with Crippen LogP contribution in [0.2, 0.25) is 0 Å². The van der Waals surface area contributed by atoms with Gasteiger partial charge < -0.3 is 4.74 Å². The Labute approximate surface area is 227 Å². The lowest BCUT2D eigenvalue weighted by atomic mass is 10.0. The van der Waals surface area contributed by atoms with E-state index >= 15 is 0 Å². The molecule has 0 saturated heterocycles. The van der Waals surface area contributed by atoms with Gasteiger partial charge in [-0.3, -0.25) is 4.79 Å². The second kappa shape index (κ2) is 11.4. The molecule has 1 atom stereocenters. The Kier molecular flexibility index (Phi) is 7.82. The van der Waals surface area contributed by atoms with E-state index in [2.05, 4.69) is 24.3 Å². The van der Waals surface area contributed by atoms with Gasteiger partial charge in [0.25, 0.3) is 0 Å². The van der Waals surface area contributed by atoms with Crippen molar-refractivity contribution in [2.24, 2.45) is 0 Å². The molecule has 0 aromatic heterocycles. The van der Waals surface area contributed by atoms with Crippen molar-refractivity contribution in [2.75, 3.05) is 5.75 Å². The van der Waals surface area contributed by atoms with Gasteiger partial charge in [0.2, 0.25) is 0 Å². The summed E-state index contributed by atoms with van der Waals surface area (Å²) in [5, 5.41) is 4.01. The lowest BCUT2D eigenvalue weighted by molar-refractivity contribution is -0.134. The Morgan fingerprint density at radius 1 is 0.789 bits per heavy atom. The van der Waals surface area contributed by atoms with Crippen LogP contribution in [0, 0.1) is 6.92 Å². The van der Waals surface area contributed by atoms with Gasteiger partial charge in [-0.25, -0.2) is 8.42 Å². The van der Waals surface area contributed by atoms with Crippen LogP contribution in [-0.4, -0.2) is 25.4 Å². The maximum Gasteiger partial charge on any atom is 0.311 e. The van der Waals surface area contributed by atoms with Gasteiger partial charge in [-0.2, -0.15) is 0 Å². The van der Waals surface area contributed by atoms with Crippen molar-refractivity contribution >= 4 is 49.1 Å². The summed E-state index contributed by atoms with van der Waals surface area (Å²) in [6, 6.07) is 34.5. The first-order valence-electron chi connectivity index (χ1n) is 12.5. The molecule has 0 saturated carbocycles. The number of carbonyl (C=O) groups is 1. The zero-order chi connectivity index (χ0) is 26.5. The third-order valence-electron chi connectivity index (χ3n) is 6.45. The number of rotatable bonds is 9. The van der Waals surface area contributed by atoms with Crippen molar-refractivity contribution in [3.05, 3.63) is 115 Å². The maximum atomic E-state index is 13.2. The van der Waals surface area contributed by atoms with E-state index in [1.54, 1.807) is 30.3 Å². The summed E-state index contributed by atoms with van der Waals surface area (Å²) in [6.07, 6.45) is 0.488. The van der Waals surface area contributed by atoms with Crippen LogP contribution < -0.4 is 4.74 Å². The van der Waals surface area contributed by atoms with Gasteiger partial charge in [-0.1, -0.05) is 78.4 Å². The quantitative estimate of drug-likeness (QED) is 0.0833. The number of carbonyl (C=O) groups excluding carboxylic acids is 1. The first-order chi connectivity index (χ1) is 18.4. The Balaban J connectivity index is 1.31. The van der Waals surface area contributed by atoms with Gasteiger partial charge in [0.15, 0.2) is 9.84 Å². The average Bonchev–Trinajstić information content (AvgIpc) is 2.92. The fourth-order valence-electron chi connectivity index (χ4n) is 4.46. The van der Waals surface area contributed by atoms with Crippen LogP contribution in [0.3, 0.4) is 0 Å². The number of benzene rings is 5. The number of thioether (sulfide) groups is 1. The summed E-state index contributed by atoms with van der Waals surface area (Å²) < 4.78 is 32.1. The molecule has 0 amide bonds. The molecule has 38 heavy (non-hydrogen) atoms. The van der Waals surface area contributed by atoms with E-state index in [-0.39, 0.29) is 23.4 Å². The molecule has 0 radical (unpaired) electrons. The van der Waals surface area contributed by atoms with E-state index in [1.165, 1.54) is 11.8 Å². The van der Waals surface area contributed by atoms with Crippen molar-refractivity contribution < 1.29 is 17.9 Å². The molecule has 1 unspecified atom stereocenters. The standard InChI is InChI=1S/C32H28O4S2/c1-23-11-18-29(19-12-23)38(34,35)22-28(37-27-8-3-2-4-9-27)17-20-32(33)36-26-16-15-25-14-13-24-7-5-6-10-30(24)31(25)21-26/h2-16,18-19,21,28H,17,20,22H2,1H3. The highest BCUT2D eigenvalue weighted by Crippen LogP contribution is 2.31. The van der Waals surface area contributed by atoms with Crippen molar-refractivity contribution in [1.29, 1.82) is 0 Å². The van der Waals surface area contributed by atoms with Crippen LogP contribution in [0.25, 0.3) is 21.5 Å². The minimum atomic E-state index is -3.52. The molecule has 0 aliphatic heterocycles. The van der Waals surface area contributed by atoms with Crippen molar-refractivity contribution in [3.8, 4) is 5.75 Å².